The van der Waals surface area contributed by atoms with E-state index in [0.717, 1.165) is 44.6 Å². The summed E-state index contributed by atoms with van der Waals surface area (Å²) in [6.45, 7) is 9.19. The number of hydrogen-bond donors (Lipinski definition) is 0. The first-order chi connectivity index (χ1) is 16.0. The number of likely N-dealkylation sites (tertiary alicyclic amines) is 1. The standard InChI is InChI=1S/C26H37N2O4P/c1-4-26(29)28(23-10-8-7-9-11-23)24-17-20-27(21-18-24)19-16-22-12-14-25(15-13-22)33(30,31-5-2)32-6-3/h7-15,24H,4-6,16-21H2,1-3H3. The molecule has 0 spiro atoms. The smallest absolute Gasteiger partial charge is 0.309 e. The van der Waals surface area contributed by atoms with Crippen molar-refractivity contribution >= 4 is 24.5 Å². The van der Waals surface area contributed by atoms with Crippen LogP contribution >= 0.6 is 7.60 Å². The van der Waals surface area contributed by atoms with E-state index >= 15 is 0 Å². The van der Waals surface area contributed by atoms with Crippen molar-refractivity contribution in [3.8, 4) is 0 Å². The summed E-state index contributed by atoms with van der Waals surface area (Å²) in [7, 11) is -3.23. The molecule has 0 bridgehead atoms. The average Bonchev–Trinajstić information content (AvgIpc) is 2.85. The molecule has 0 N–H and O–H groups in total. The number of piperidine rings is 1. The lowest BCUT2D eigenvalue weighted by Crippen LogP contribution is -2.47. The van der Waals surface area contributed by atoms with Crippen LogP contribution in [0.15, 0.2) is 54.6 Å². The monoisotopic (exact) mass is 472 g/mol. The number of benzene rings is 2. The average molecular weight is 473 g/mol. The third-order valence-electron chi connectivity index (χ3n) is 6.10. The van der Waals surface area contributed by atoms with E-state index in [1.807, 2.05) is 80.3 Å². The van der Waals surface area contributed by atoms with Crippen LogP contribution in [-0.4, -0.2) is 49.7 Å². The van der Waals surface area contributed by atoms with Crippen molar-refractivity contribution in [2.24, 2.45) is 0 Å². The molecule has 7 heteroatoms. The molecule has 0 saturated carbocycles. The van der Waals surface area contributed by atoms with Crippen LogP contribution in [0.1, 0.15) is 45.6 Å². The third kappa shape index (κ3) is 6.77. The first-order valence-corrected chi connectivity index (χ1v) is 13.6. The Morgan fingerprint density at radius 2 is 1.58 bits per heavy atom. The van der Waals surface area contributed by atoms with Gasteiger partial charge in [-0.2, -0.15) is 0 Å². The van der Waals surface area contributed by atoms with Gasteiger partial charge in [0.25, 0.3) is 0 Å². The highest BCUT2D eigenvalue weighted by Crippen LogP contribution is 2.46. The molecule has 33 heavy (non-hydrogen) atoms. The number of rotatable bonds is 11. The summed E-state index contributed by atoms with van der Waals surface area (Å²) >= 11 is 0. The van der Waals surface area contributed by atoms with Crippen LogP contribution < -0.4 is 10.2 Å². The minimum absolute atomic E-state index is 0.191. The molecule has 1 aliphatic heterocycles. The first-order valence-electron chi connectivity index (χ1n) is 12.1. The Labute approximate surface area is 198 Å². The highest BCUT2D eigenvalue weighted by atomic mass is 31.2. The lowest BCUT2D eigenvalue weighted by molar-refractivity contribution is -0.119. The molecule has 1 heterocycles. The maximum atomic E-state index is 12.9. The van der Waals surface area contributed by atoms with Crippen molar-refractivity contribution in [3.05, 3.63) is 60.2 Å². The van der Waals surface area contributed by atoms with E-state index in [1.54, 1.807) is 0 Å². The fourth-order valence-electron chi connectivity index (χ4n) is 4.38. The lowest BCUT2D eigenvalue weighted by Gasteiger charge is -2.38. The van der Waals surface area contributed by atoms with E-state index in [4.69, 9.17) is 9.05 Å². The number of carbonyl (C=O) groups excluding carboxylic acids is 1. The van der Waals surface area contributed by atoms with Gasteiger partial charge in [0.2, 0.25) is 5.91 Å². The van der Waals surface area contributed by atoms with Crippen LogP contribution in [0.5, 0.6) is 0 Å². The third-order valence-corrected chi connectivity index (χ3v) is 8.22. The highest BCUT2D eigenvalue weighted by molar-refractivity contribution is 7.62. The molecule has 0 radical (unpaired) electrons. The molecule has 0 aliphatic carbocycles. The number of para-hydroxylation sites is 1. The maximum Gasteiger partial charge on any atom is 0.361 e. The minimum atomic E-state index is -3.23. The van der Waals surface area contributed by atoms with Crippen molar-refractivity contribution in [2.75, 3.05) is 37.7 Å². The van der Waals surface area contributed by atoms with Crippen LogP contribution in [0.3, 0.4) is 0 Å². The topological polar surface area (TPSA) is 59.1 Å². The van der Waals surface area contributed by atoms with Gasteiger partial charge in [0.15, 0.2) is 0 Å². The highest BCUT2D eigenvalue weighted by Gasteiger charge is 2.29. The molecule has 6 nitrogen and oxygen atoms in total. The molecular weight excluding hydrogens is 435 g/mol. The molecule has 1 aliphatic rings. The molecule has 2 aromatic carbocycles. The molecule has 1 fully saturated rings. The quantitative estimate of drug-likeness (QED) is 0.430. The zero-order chi connectivity index (χ0) is 23.7. The summed E-state index contributed by atoms with van der Waals surface area (Å²) in [6.07, 6.45) is 3.40. The molecule has 1 amide bonds. The van der Waals surface area contributed by atoms with E-state index in [2.05, 4.69) is 4.90 Å². The molecule has 0 atom stereocenters. The van der Waals surface area contributed by atoms with E-state index in [1.165, 1.54) is 5.56 Å². The van der Waals surface area contributed by atoms with Crippen molar-refractivity contribution in [3.63, 3.8) is 0 Å². The Balaban J connectivity index is 1.54. The summed E-state index contributed by atoms with van der Waals surface area (Å²) in [4.78, 5) is 17.1. The Kier molecular flexibility index (Phi) is 9.69. The van der Waals surface area contributed by atoms with Gasteiger partial charge in [0.05, 0.1) is 18.5 Å². The van der Waals surface area contributed by atoms with Gasteiger partial charge in [-0.3, -0.25) is 9.36 Å². The van der Waals surface area contributed by atoms with Crippen molar-refractivity contribution in [1.82, 2.24) is 4.90 Å². The van der Waals surface area contributed by atoms with Gasteiger partial charge < -0.3 is 18.8 Å². The minimum Gasteiger partial charge on any atom is -0.309 e. The van der Waals surface area contributed by atoms with Gasteiger partial charge in [-0.15, -0.1) is 0 Å². The number of nitrogens with zero attached hydrogens (tertiary/aromatic N) is 2. The van der Waals surface area contributed by atoms with Gasteiger partial charge >= 0.3 is 7.60 Å². The van der Waals surface area contributed by atoms with Gasteiger partial charge in [-0.1, -0.05) is 37.3 Å². The predicted molar refractivity (Wildman–Crippen MR) is 134 cm³/mol. The van der Waals surface area contributed by atoms with E-state index in [0.29, 0.717) is 24.9 Å². The van der Waals surface area contributed by atoms with Gasteiger partial charge in [0, 0.05) is 37.8 Å². The predicted octanol–water partition coefficient (Wildman–Crippen LogP) is 5.03. The second kappa shape index (κ2) is 12.5. The van der Waals surface area contributed by atoms with Crippen LogP contribution in [0.2, 0.25) is 0 Å². The summed E-state index contributed by atoms with van der Waals surface area (Å²) < 4.78 is 23.8. The molecule has 180 valence electrons. The Bertz CT molecular complexity index is 902. The summed E-state index contributed by atoms with van der Waals surface area (Å²) in [5.41, 5.74) is 2.20. The fourth-order valence-corrected chi connectivity index (χ4v) is 5.94. The SMILES string of the molecule is CCOP(=O)(OCC)c1ccc(CCN2CCC(N(C(=O)CC)c3ccccc3)CC2)cc1. The molecule has 1 saturated heterocycles. The lowest BCUT2D eigenvalue weighted by atomic mass is 10.0. The van der Waals surface area contributed by atoms with E-state index in [-0.39, 0.29) is 11.9 Å². The summed E-state index contributed by atoms with van der Waals surface area (Å²) in [6, 6.07) is 18.0. The van der Waals surface area contributed by atoms with Gasteiger partial charge in [0.1, 0.15) is 0 Å². The van der Waals surface area contributed by atoms with Crippen molar-refractivity contribution in [2.45, 2.75) is 52.5 Å². The zero-order valence-corrected chi connectivity index (χ0v) is 21.0. The fraction of sp³-hybridized carbons (Fsp3) is 0.500. The van der Waals surface area contributed by atoms with Crippen LogP contribution in [0, 0.1) is 0 Å². The van der Waals surface area contributed by atoms with E-state index in [9.17, 15) is 9.36 Å². The normalized spacial score (nSPS) is 15.5. The molecule has 0 aromatic heterocycles. The number of anilines is 1. The molecule has 3 rings (SSSR count). The van der Waals surface area contributed by atoms with Crippen LogP contribution in [-0.2, 0) is 24.8 Å². The Morgan fingerprint density at radius 3 is 2.12 bits per heavy atom. The second-order valence-electron chi connectivity index (χ2n) is 8.28. The van der Waals surface area contributed by atoms with Gasteiger partial charge in [-0.25, -0.2) is 0 Å². The Morgan fingerprint density at radius 1 is 0.970 bits per heavy atom. The Hall–Kier alpha value is -1.98. The summed E-state index contributed by atoms with van der Waals surface area (Å²) in [5, 5.41) is 0.609. The zero-order valence-electron chi connectivity index (χ0n) is 20.1. The maximum absolute atomic E-state index is 12.9. The summed E-state index contributed by atoms with van der Waals surface area (Å²) in [5.74, 6) is 0.191. The largest absolute Gasteiger partial charge is 0.361 e. The van der Waals surface area contributed by atoms with Crippen LogP contribution in [0.25, 0.3) is 0 Å². The molecule has 2 aromatic rings. The van der Waals surface area contributed by atoms with E-state index < -0.39 is 7.60 Å². The van der Waals surface area contributed by atoms with Crippen molar-refractivity contribution < 1.29 is 18.4 Å². The number of amides is 1. The molecular formula is C26H37N2O4P. The van der Waals surface area contributed by atoms with Crippen LogP contribution in [0.4, 0.5) is 5.69 Å². The number of carbonyl (C=O) groups is 1. The van der Waals surface area contributed by atoms with Crippen molar-refractivity contribution in [1.29, 1.82) is 0 Å². The van der Waals surface area contributed by atoms with Gasteiger partial charge in [-0.05, 0) is 62.9 Å². The first kappa shape index (κ1) is 25.6. The number of hydrogen-bond acceptors (Lipinski definition) is 5. The molecule has 0 unspecified atom stereocenters. The second-order valence-corrected chi connectivity index (χ2v) is 10.3.